The topological polar surface area (TPSA) is 116 Å². The van der Waals surface area contributed by atoms with Crippen molar-refractivity contribution in [3.8, 4) is 5.75 Å². The Morgan fingerprint density at radius 3 is 2.63 bits per heavy atom. The average Bonchev–Trinajstić information content (AvgIpc) is 2.65. The van der Waals surface area contributed by atoms with Gasteiger partial charge in [-0.1, -0.05) is 6.07 Å². The number of nitrogens with zero attached hydrogens (tertiary/aromatic N) is 3. The molecule has 0 aromatic heterocycles. The standard InChI is InChI=1S/C18H17N3O6/c1-12-4-7-17(16(9-12)21(25)26)27-11-18(22)19-8-2-3-13-10-14(20(23)24)5-6-15(13)19/h4-7,9-10H,2-3,8,11H2,1H3. The number of non-ortho nitro benzene ring substituents is 1. The molecule has 0 fully saturated rings. The van der Waals surface area contributed by atoms with Gasteiger partial charge < -0.3 is 9.64 Å². The Labute approximate surface area is 154 Å². The van der Waals surface area contributed by atoms with Crippen LogP contribution in [0.25, 0.3) is 0 Å². The van der Waals surface area contributed by atoms with Gasteiger partial charge >= 0.3 is 5.69 Å². The highest BCUT2D eigenvalue weighted by Gasteiger charge is 2.25. The van der Waals surface area contributed by atoms with Crippen LogP contribution in [0.15, 0.2) is 36.4 Å². The summed E-state index contributed by atoms with van der Waals surface area (Å²) in [6.45, 7) is 1.83. The van der Waals surface area contributed by atoms with Crippen LogP contribution in [0.4, 0.5) is 17.1 Å². The molecule has 0 aliphatic carbocycles. The smallest absolute Gasteiger partial charge is 0.311 e. The SMILES string of the molecule is Cc1ccc(OCC(=O)N2CCCc3cc([N+](=O)[O-])ccc32)c([N+](=O)[O-])c1. The molecule has 0 bridgehead atoms. The molecule has 0 N–H and O–H groups in total. The predicted octanol–water partition coefficient (Wildman–Crippen LogP) is 3.17. The number of hydrogen-bond donors (Lipinski definition) is 0. The first-order valence-corrected chi connectivity index (χ1v) is 8.32. The summed E-state index contributed by atoms with van der Waals surface area (Å²) in [6.07, 6.45) is 1.32. The lowest BCUT2D eigenvalue weighted by atomic mass is 10.0. The number of hydrogen-bond acceptors (Lipinski definition) is 6. The van der Waals surface area contributed by atoms with E-state index in [4.69, 9.17) is 4.74 Å². The minimum absolute atomic E-state index is 0.0189. The van der Waals surface area contributed by atoms with Gasteiger partial charge in [0.05, 0.1) is 9.85 Å². The second-order valence-electron chi connectivity index (χ2n) is 6.24. The molecule has 9 heteroatoms. The van der Waals surface area contributed by atoms with E-state index in [1.54, 1.807) is 19.1 Å². The van der Waals surface area contributed by atoms with Gasteiger partial charge in [0, 0.05) is 30.4 Å². The zero-order valence-electron chi connectivity index (χ0n) is 14.6. The predicted molar refractivity (Wildman–Crippen MR) is 97.1 cm³/mol. The summed E-state index contributed by atoms with van der Waals surface area (Å²) in [4.78, 5) is 35.1. The Bertz CT molecular complexity index is 927. The van der Waals surface area contributed by atoms with E-state index in [-0.39, 0.29) is 29.6 Å². The lowest BCUT2D eigenvalue weighted by Gasteiger charge is -2.29. The first-order chi connectivity index (χ1) is 12.9. The molecule has 1 amide bonds. The van der Waals surface area contributed by atoms with Crippen LogP contribution in [0.3, 0.4) is 0 Å². The van der Waals surface area contributed by atoms with Crippen molar-refractivity contribution < 1.29 is 19.4 Å². The highest BCUT2D eigenvalue weighted by molar-refractivity contribution is 5.95. The number of carbonyl (C=O) groups is 1. The Morgan fingerprint density at radius 1 is 1.15 bits per heavy atom. The maximum atomic E-state index is 12.6. The number of carbonyl (C=O) groups excluding carboxylic acids is 1. The molecule has 1 aliphatic heterocycles. The minimum Gasteiger partial charge on any atom is -0.477 e. The summed E-state index contributed by atoms with van der Waals surface area (Å²) in [5, 5.41) is 22.1. The van der Waals surface area contributed by atoms with E-state index in [1.165, 1.54) is 29.2 Å². The quantitative estimate of drug-likeness (QED) is 0.589. The summed E-state index contributed by atoms with van der Waals surface area (Å²) in [6, 6.07) is 8.90. The third-order valence-electron chi connectivity index (χ3n) is 4.36. The van der Waals surface area contributed by atoms with E-state index in [0.717, 1.165) is 5.56 Å². The zero-order chi connectivity index (χ0) is 19.6. The fourth-order valence-corrected chi connectivity index (χ4v) is 3.07. The molecular weight excluding hydrogens is 354 g/mol. The number of anilines is 1. The van der Waals surface area contributed by atoms with Crippen LogP contribution >= 0.6 is 0 Å². The summed E-state index contributed by atoms with van der Waals surface area (Å²) in [7, 11) is 0. The second kappa shape index (κ2) is 7.40. The molecule has 2 aromatic carbocycles. The lowest BCUT2D eigenvalue weighted by Crippen LogP contribution is -2.38. The minimum atomic E-state index is -0.553. The van der Waals surface area contributed by atoms with Crippen molar-refractivity contribution in [2.24, 2.45) is 0 Å². The Hall–Kier alpha value is -3.49. The normalized spacial score (nSPS) is 13.0. The van der Waals surface area contributed by atoms with Crippen LogP contribution in [0.2, 0.25) is 0 Å². The number of fused-ring (bicyclic) bond motifs is 1. The van der Waals surface area contributed by atoms with Gasteiger partial charge in [0.2, 0.25) is 0 Å². The molecule has 0 atom stereocenters. The maximum absolute atomic E-state index is 12.6. The lowest BCUT2D eigenvalue weighted by molar-refractivity contribution is -0.385. The van der Waals surface area contributed by atoms with Crippen molar-refractivity contribution in [3.63, 3.8) is 0 Å². The van der Waals surface area contributed by atoms with E-state index in [9.17, 15) is 25.0 Å². The summed E-state index contributed by atoms with van der Waals surface area (Å²) in [5.41, 5.74) is 1.84. The highest BCUT2D eigenvalue weighted by Crippen LogP contribution is 2.31. The summed E-state index contributed by atoms with van der Waals surface area (Å²) in [5.74, 6) is -0.334. The van der Waals surface area contributed by atoms with Crippen molar-refractivity contribution >= 4 is 23.0 Å². The first kappa shape index (κ1) is 18.3. The average molecular weight is 371 g/mol. The van der Waals surface area contributed by atoms with Crippen molar-refractivity contribution in [2.45, 2.75) is 19.8 Å². The monoisotopic (exact) mass is 371 g/mol. The molecule has 0 saturated carbocycles. The van der Waals surface area contributed by atoms with Crippen LogP contribution in [-0.4, -0.2) is 28.9 Å². The van der Waals surface area contributed by atoms with Crippen molar-refractivity contribution in [1.82, 2.24) is 0 Å². The molecule has 27 heavy (non-hydrogen) atoms. The summed E-state index contributed by atoms with van der Waals surface area (Å²) < 4.78 is 5.40. The fourth-order valence-electron chi connectivity index (χ4n) is 3.07. The Morgan fingerprint density at radius 2 is 1.93 bits per heavy atom. The Balaban J connectivity index is 1.77. The largest absolute Gasteiger partial charge is 0.477 e. The van der Waals surface area contributed by atoms with Crippen LogP contribution < -0.4 is 9.64 Å². The highest BCUT2D eigenvalue weighted by atomic mass is 16.6. The summed E-state index contributed by atoms with van der Waals surface area (Å²) >= 11 is 0. The molecule has 140 valence electrons. The molecule has 0 radical (unpaired) electrons. The molecule has 0 spiro atoms. The zero-order valence-corrected chi connectivity index (χ0v) is 14.6. The maximum Gasteiger partial charge on any atom is 0.311 e. The van der Waals surface area contributed by atoms with Crippen LogP contribution in [-0.2, 0) is 11.2 Å². The number of amides is 1. The van der Waals surface area contributed by atoms with E-state index in [2.05, 4.69) is 0 Å². The van der Waals surface area contributed by atoms with Gasteiger partial charge in [0.25, 0.3) is 11.6 Å². The van der Waals surface area contributed by atoms with Gasteiger partial charge in [-0.05, 0) is 43.0 Å². The van der Waals surface area contributed by atoms with Gasteiger partial charge in [-0.25, -0.2) is 0 Å². The van der Waals surface area contributed by atoms with Gasteiger partial charge in [-0.3, -0.25) is 25.0 Å². The van der Waals surface area contributed by atoms with E-state index < -0.39 is 9.85 Å². The molecule has 2 aromatic rings. The number of benzene rings is 2. The van der Waals surface area contributed by atoms with Crippen LogP contribution in [0, 0.1) is 27.2 Å². The molecule has 0 unspecified atom stereocenters. The Kier molecular flexibility index (Phi) is 5.02. The number of ether oxygens (including phenoxy) is 1. The van der Waals surface area contributed by atoms with Crippen molar-refractivity contribution in [2.75, 3.05) is 18.1 Å². The van der Waals surface area contributed by atoms with Gasteiger partial charge in [-0.15, -0.1) is 0 Å². The fraction of sp³-hybridized carbons (Fsp3) is 0.278. The molecule has 3 rings (SSSR count). The van der Waals surface area contributed by atoms with E-state index >= 15 is 0 Å². The number of nitro groups is 2. The van der Waals surface area contributed by atoms with Crippen LogP contribution in [0.5, 0.6) is 5.75 Å². The molecular formula is C18H17N3O6. The van der Waals surface area contributed by atoms with Crippen molar-refractivity contribution in [1.29, 1.82) is 0 Å². The third-order valence-corrected chi connectivity index (χ3v) is 4.36. The second-order valence-corrected chi connectivity index (χ2v) is 6.24. The molecule has 9 nitrogen and oxygen atoms in total. The van der Waals surface area contributed by atoms with E-state index in [1.807, 2.05) is 0 Å². The molecule has 0 saturated heterocycles. The molecule has 1 aliphatic rings. The van der Waals surface area contributed by atoms with Gasteiger partial charge in [-0.2, -0.15) is 0 Å². The van der Waals surface area contributed by atoms with Crippen molar-refractivity contribution in [3.05, 3.63) is 67.8 Å². The van der Waals surface area contributed by atoms with Gasteiger partial charge in [0.15, 0.2) is 12.4 Å². The molecule has 1 heterocycles. The number of aryl methyl sites for hydroxylation is 2. The third kappa shape index (κ3) is 3.86. The number of rotatable bonds is 5. The van der Waals surface area contributed by atoms with Crippen LogP contribution in [0.1, 0.15) is 17.5 Å². The first-order valence-electron chi connectivity index (χ1n) is 8.32. The van der Waals surface area contributed by atoms with E-state index in [0.29, 0.717) is 30.6 Å². The van der Waals surface area contributed by atoms with Gasteiger partial charge in [0.1, 0.15) is 0 Å². The number of nitro benzene ring substituents is 2.